The van der Waals surface area contributed by atoms with E-state index in [2.05, 4.69) is 156 Å². The summed E-state index contributed by atoms with van der Waals surface area (Å²) in [5.41, 5.74) is 8.97. The fraction of sp³-hybridized carbons (Fsp3) is 0. The van der Waals surface area contributed by atoms with E-state index in [0.717, 1.165) is 22.2 Å². The van der Waals surface area contributed by atoms with Crippen LogP contribution in [0.5, 0.6) is 0 Å². The highest BCUT2D eigenvalue weighted by molar-refractivity contribution is 7.26. The average molecular weight is 630 g/mol. The van der Waals surface area contributed by atoms with E-state index in [4.69, 9.17) is 9.97 Å². The van der Waals surface area contributed by atoms with Crippen LogP contribution in [0.3, 0.4) is 0 Å². The molecule has 0 amide bonds. The van der Waals surface area contributed by atoms with E-state index in [9.17, 15) is 0 Å². The van der Waals surface area contributed by atoms with Crippen LogP contribution in [-0.2, 0) is 0 Å². The van der Waals surface area contributed by atoms with Crippen molar-refractivity contribution in [3.05, 3.63) is 164 Å². The average Bonchev–Trinajstić information content (AvgIpc) is 3.69. The van der Waals surface area contributed by atoms with E-state index >= 15 is 0 Å². The molecule has 48 heavy (non-hydrogen) atoms. The molecule has 3 aromatic heterocycles. The molecule has 0 unspecified atom stereocenters. The molecule has 0 aliphatic rings. The number of hydrogen-bond acceptors (Lipinski definition) is 3. The van der Waals surface area contributed by atoms with Crippen LogP contribution in [0.25, 0.3) is 92.1 Å². The first-order valence-electron chi connectivity index (χ1n) is 16.1. The lowest BCUT2D eigenvalue weighted by atomic mass is 9.94. The van der Waals surface area contributed by atoms with Crippen molar-refractivity contribution in [1.82, 2.24) is 14.5 Å². The zero-order chi connectivity index (χ0) is 31.6. The Kier molecular flexibility index (Phi) is 6.05. The van der Waals surface area contributed by atoms with Crippen molar-refractivity contribution in [1.29, 1.82) is 0 Å². The maximum atomic E-state index is 5.03. The van der Waals surface area contributed by atoms with E-state index in [1.165, 1.54) is 64.0 Å². The van der Waals surface area contributed by atoms with E-state index in [0.29, 0.717) is 5.95 Å². The first-order chi connectivity index (χ1) is 23.8. The molecule has 0 bridgehead atoms. The lowest BCUT2D eigenvalue weighted by Gasteiger charge is -2.12. The van der Waals surface area contributed by atoms with Gasteiger partial charge in [-0.05, 0) is 87.1 Å². The van der Waals surface area contributed by atoms with Crippen molar-refractivity contribution >= 4 is 64.1 Å². The van der Waals surface area contributed by atoms with Crippen molar-refractivity contribution in [2.75, 3.05) is 0 Å². The van der Waals surface area contributed by atoms with Crippen molar-refractivity contribution in [2.45, 2.75) is 0 Å². The van der Waals surface area contributed by atoms with E-state index in [-0.39, 0.29) is 0 Å². The van der Waals surface area contributed by atoms with Crippen LogP contribution >= 0.6 is 11.3 Å². The normalized spacial score (nSPS) is 11.8. The molecule has 0 spiro atoms. The van der Waals surface area contributed by atoms with Gasteiger partial charge in [-0.3, -0.25) is 4.57 Å². The Labute approximate surface area is 281 Å². The Bertz CT molecular complexity index is 2760. The SMILES string of the molecule is c1ccc(-c2cc(-c3ccccc3)cc(-c3cnc(-n4c5ccccc5c5c6c(ccc54)sc4cc5ccccc5cc46)nc3)c2)cc1. The summed E-state index contributed by atoms with van der Waals surface area (Å²) in [7, 11) is 0. The van der Waals surface area contributed by atoms with Crippen LogP contribution in [-0.4, -0.2) is 14.5 Å². The number of hydrogen-bond donors (Lipinski definition) is 0. The minimum Gasteiger partial charge on any atom is -0.278 e. The Morgan fingerprint density at radius 1 is 0.396 bits per heavy atom. The van der Waals surface area contributed by atoms with Crippen molar-refractivity contribution < 1.29 is 0 Å². The third kappa shape index (κ3) is 4.27. The molecule has 0 aliphatic heterocycles. The number of nitrogens with zero attached hydrogens (tertiary/aromatic N) is 3. The standard InChI is InChI=1S/C44H27N3S/c1-3-11-28(12-4-1)32-21-33(29-13-5-2-6-14-29)23-34(22-32)35-26-45-44(46-27-35)47-38-18-10-9-17-36(38)42-39(47)19-20-40-43(42)37-24-30-15-7-8-16-31(30)25-41(37)48-40/h1-27H. The second-order valence-corrected chi connectivity index (χ2v) is 13.4. The van der Waals surface area contributed by atoms with Gasteiger partial charge in [0.2, 0.25) is 5.95 Å². The largest absolute Gasteiger partial charge is 0.278 e. The van der Waals surface area contributed by atoms with Gasteiger partial charge in [-0.1, -0.05) is 103 Å². The van der Waals surface area contributed by atoms with Gasteiger partial charge in [-0.25, -0.2) is 9.97 Å². The van der Waals surface area contributed by atoms with Gasteiger partial charge in [0.25, 0.3) is 0 Å². The predicted molar refractivity (Wildman–Crippen MR) is 203 cm³/mol. The van der Waals surface area contributed by atoms with Crippen molar-refractivity contribution in [3.63, 3.8) is 0 Å². The van der Waals surface area contributed by atoms with Crippen LogP contribution in [0, 0.1) is 0 Å². The van der Waals surface area contributed by atoms with Gasteiger partial charge in [-0.2, -0.15) is 0 Å². The fourth-order valence-corrected chi connectivity index (χ4v) is 8.35. The van der Waals surface area contributed by atoms with Gasteiger partial charge >= 0.3 is 0 Å². The highest BCUT2D eigenvalue weighted by atomic mass is 32.1. The van der Waals surface area contributed by atoms with Crippen LogP contribution in [0.15, 0.2) is 164 Å². The minimum absolute atomic E-state index is 0.664. The molecule has 4 heteroatoms. The molecule has 224 valence electrons. The number of thiophene rings is 1. The third-order valence-electron chi connectivity index (χ3n) is 9.46. The molecule has 0 N–H and O–H groups in total. The molecule has 10 rings (SSSR count). The Hall–Kier alpha value is -6.10. The van der Waals surface area contributed by atoms with Crippen molar-refractivity contribution in [2.24, 2.45) is 0 Å². The highest BCUT2D eigenvalue weighted by Gasteiger charge is 2.19. The number of para-hydroxylation sites is 1. The van der Waals surface area contributed by atoms with Gasteiger partial charge in [0.1, 0.15) is 0 Å². The highest BCUT2D eigenvalue weighted by Crippen LogP contribution is 2.44. The second kappa shape index (κ2) is 10.7. The number of rotatable bonds is 4. The van der Waals surface area contributed by atoms with E-state index in [1.54, 1.807) is 0 Å². The van der Waals surface area contributed by atoms with Gasteiger partial charge in [0.05, 0.1) is 11.0 Å². The van der Waals surface area contributed by atoms with E-state index < -0.39 is 0 Å². The summed E-state index contributed by atoms with van der Waals surface area (Å²) < 4.78 is 4.81. The monoisotopic (exact) mass is 629 g/mol. The summed E-state index contributed by atoms with van der Waals surface area (Å²) in [6.07, 6.45) is 3.93. The van der Waals surface area contributed by atoms with Crippen molar-refractivity contribution in [3.8, 4) is 39.3 Å². The summed E-state index contributed by atoms with van der Waals surface area (Å²) in [4.78, 5) is 10.1. The van der Waals surface area contributed by atoms with Crippen LogP contribution < -0.4 is 0 Å². The maximum absolute atomic E-state index is 5.03. The van der Waals surface area contributed by atoms with Gasteiger partial charge < -0.3 is 0 Å². The van der Waals surface area contributed by atoms with Gasteiger partial charge in [-0.15, -0.1) is 11.3 Å². The lowest BCUT2D eigenvalue weighted by molar-refractivity contribution is 0.990. The fourth-order valence-electron chi connectivity index (χ4n) is 7.20. The molecule has 0 fully saturated rings. The molecule has 0 saturated carbocycles. The lowest BCUT2D eigenvalue weighted by Crippen LogP contribution is -2.00. The summed E-state index contributed by atoms with van der Waals surface area (Å²) in [5.74, 6) is 0.664. The zero-order valence-corrected chi connectivity index (χ0v) is 26.7. The number of benzene rings is 7. The molecule has 7 aromatic carbocycles. The van der Waals surface area contributed by atoms with Gasteiger partial charge in [0, 0.05) is 48.9 Å². The molecule has 0 radical (unpaired) electrons. The summed E-state index contributed by atoms with van der Waals surface area (Å²) >= 11 is 1.86. The maximum Gasteiger partial charge on any atom is 0.234 e. The van der Waals surface area contributed by atoms with E-state index in [1.807, 2.05) is 23.7 Å². The number of fused-ring (bicyclic) bond motifs is 8. The molecule has 0 atom stereocenters. The van der Waals surface area contributed by atoms with Crippen LogP contribution in [0.1, 0.15) is 0 Å². The second-order valence-electron chi connectivity index (χ2n) is 12.3. The Morgan fingerprint density at radius 3 is 1.67 bits per heavy atom. The zero-order valence-electron chi connectivity index (χ0n) is 25.8. The molecule has 3 heterocycles. The molecule has 10 aromatic rings. The first kappa shape index (κ1) is 27.1. The summed E-state index contributed by atoms with van der Waals surface area (Å²) in [6, 6.07) is 54.3. The Balaban J connectivity index is 1.15. The number of aromatic nitrogens is 3. The first-order valence-corrected chi connectivity index (χ1v) is 17.0. The summed E-state index contributed by atoms with van der Waals surface area (Å²) in [5, 5.41) is 7.59. The molecule has 0 saturated heterocycles. The molecular formula is C44H27N3S. The summed E-state index contributed by atoms with van der Waals surface area (Å²) in [6.45, 7) is 0. The molecule has 0 aliphatic carbocycles. The van der Waals surface area contributed by atoms with Crippen LogP contribution in [0.2, 0.25) is 0 Å². The molecular weight excluding hydrogens is 603 g/mol. The quantitative estimate of drug-likeness (QED) is 0.194. The third-order valence-corrected chi connectivity index (χ3v) is 10.6. The van der Waals surface area contributed by atoms with Crippen LogP contribution in [0.4, 0.5) is 0 Å². The van der Waals surface area contributed by atoms with Gasteiger partial charge in [0.15, 0.2) is 0 Å². The minimum atomic E-state index is 0.664. The topological polar surface area (TPSA) is 30.7 Å². The Morgan fingerprint density at radius 2 is 0.979 bits per heavy atom. The molecule has 3 nitrogen and oxygen atoms in total. The predicted octanol–water partition coefficient (Wildman–Crippen LogP) is 12.1. The smallest absolute Gasteiger partial charge is 0.234 e.